The highest BCUT2D eigenvalue weighted by atomic mass is 35.5. The molecule has 1 saturated heterocycles. The SMILES string of the molecule is Nc1c(Oc2ccc(Cl)c(O)c2)ncn(CC2(O)CCN(C(=O)[C@@H]3CCC(F)(F)C[C@H]3c3ccccc3)CC2)c1=O. The molecule has 1 aromatic heterocycles. The number of halogens is 3. The van der Waals surface area contributed by atoms with Crippen LogP contribution in [0.25, 0.3) is 0 Å². The first-order chi connectivity index (χ1) is 19.4. The Morgan fingerprint density at radius 3 is 2.54 bits per heavy atom. The van der Waals surface area contributed by atoms with Crippen LogP contribution in [0.5, 0.6) is 17.4 Å². The van der Waals surface area contributed by atoms with Crippen molar-refractivity contribution in [3.8, 4) is 17.4 Å². The van der Waals surface area contributed by atoms with E-state index < -0.39 is 28.9 Å². The van der Waals surface area contributed by atoms with Crippen molar-refractivity contribution in [1.29, 1.82) is 0 Å². The number of amides is 1. The molecule has 12 heteroatoms. The first-order valence-electron chi connectivity index (χ1n) is 13.4. The standard InChI is InChI=1S/C29H31ClF2N4O5/c30-22-7-6-19(14-23(22)37)41-25-24(33)27(39)36(17-34-25)16-28(40)10-12-35(13-11-28)26(38)20-8-9-29(31,32)15-21(20)18-4-2-1-3-5-18/h1-7,14,17,20-21,37,40H,8-13,15-16,33H2/t20-,21+/m1/s1. The van der Waals surface area contributed by atoms with E-state index in [0.717, 1.165) is 5.56 Å². The number of alkyl halides is 2. The third-order valence-corrected chi connectivity index (χ3v) is 8.33. The van der Waals surface area contributed by atoms with Gasteiger partial charge in [0.15, 0.2) is 5.69 Å². The van der Waals surface area contributed by atoms with E-state index in [0.29, 0.717) is 0 Å². The zero-order chi connectivity index (χ0) is 29.4. The Bertz CT molecular complexity index is 1480. The van der Waals surface area contributed by atoms with Crippen molar-refractivity contribution in [2.45, 2.75) is 56.1 Å². The number of carbonyl (C=O) groups excluding carboxylic acids is 1. The summed E-state index contributed by atoms with van der Waals surface area (Å²) in [7, 11) is 0. The summed E-state index contributed by atoms with van der Waals surface area (Å²) in [5.74, 6) is -4.35. The summed E-state index contributed by atoms with van der Waals surface area (Å²) in [6.45, 7) is 0.348. The topological polar surface area (TPSA) is 131 Å². The third kappa shape index (κ3) is 6.31. The minimum Gasteiger partial charge on any atom is -0.506 e. The number of carbonyl (C=O) groups is 1. The maximum atomic E-state index is 14.3. The van der Waals surface area contributed by atoms with E-state index in [2.05, 4.69) is 4.98 Å². The van der Waals surface area contributed by atoms with Gasteiger partial charge in [0.1, 0.15) is 17.8 Å². The number of nitrogen functional groups attached to an aromatic ring is 1. The number of hydrogen-bond acceptors (Lipinski definition) is 7. The van der Waals surface area contributed by atoms with Crippen LogP contribution in [0.4, 0.5) is 14.5 Å². The fourth-order valence-corrected chi connectivity index (χ4v) is 5.80. The Hall–Kier alpha value is -3.70. The van der Waals surface area contributed by atoms with Crippen molar-refractivity contribution in [2.24, 2.45) is 5.92 Å². The van der Waals surface area contributed by atoms with Gasteiger partial charge in [-0.2, -0.15) is 0 Å². The highest BCUT2D eigenvalue weighted by molar-refractivity contribution is 6.32. The predicted molar refractivity (Wildman–Crippen MR) is 148 cm³/mol. The number of benzene rings is 2. The zero-order valence-electron chi connectivity index (χ0n) is 22.2. The number of aromatic hydroxyl groups is 1. The maximum absolute atomic E-state index is 14.3. The van der Waals surface area contributed by atoms with Crippen LogP contribution < -0.4 is 16.0 Å². The molecule has 1 aliphatic heterocycles. The van der Waals surface area contributed by atoms with Gasteiger partial charge >= 0.3 is 0 Å². The number of aromatic nitrogens is 2. The molecule has 1 saturated carbocycles. The molecule has 0 radical (unpaired) electrons. The van der Waals surface area contributed by atoms with E-state index in [1.807, 2.05) is 6.07 Å². The Labute approximate surface area is 240 Å². The number of anilines is 1. The second-order valence-electron chi connectivity index (χ2n) is 10.9. The zero-order valence-corrected chi connectivity index (χ0v) is 22.9. The number of nitrogens with zero attached hydrogens (tertiary/aromatic N) is 3. The average Bonchev–Trinajstić information content (AvgIpc) is 2.95. The molecule has 0 spiro atoms. The molecule has 9 nitrogen and oxygen atoms in total. The van der Waals surface area contributed by atoms with Gasteiger partial charge in [0.2, 0.25) is 17.7 Å². The van der Waals surface area contributed by atoms with E-state index in [1.54, 1.807) is 29.2 Å². The van der Waals surface area contributed by atoms with Crippen LogP contribution in [-0.2, 0) is 11.3 Å². The molecule has 0 bridgehead atoms. The Morgan fingerprint density at radius 1 is 1.15 bits per heavy atom. The van der Waals surface area contributed by atoms with Gasteiger partial charge in [-0.15, -0.1) is 0 Å². The van der Waals surface area contributed by atoms with E-state index in [9.17, 15) is 28.6 Å². The normalized spacial score (nSPS) is 21.8. The van der Waals surface area contributed by atoms with Crippen molar-refractivity contribution >= 4 is 23.2 Å². The second kappa shape index (κ2) is 11.3. The minimum atomic E-state index is -2.82. The lowest BCUT2D eigenvalue weighted by Crippen LogP contribution is -2.52. The highest BCUT2D eigenvalue weighted by Gasteiger charge is 2.46. The molecule has 2 aromatic carbocycles. The van der Waals surface area contributed by atoms with Crippen LogP contribution in [0, 0.1) is 5.92 Å². The van der Waals surface area contributed by atoms with Gasteiger partial charge in [0.25, 0.3) is 5.56 Å². The predicted octanol–water partition coefficient (Wildman–Crippen LogP) is 4.55. The lowest BCUT2D eigenvalue weighted by molar-refractivity contribution is -0.145. The second-order valence-corrected chi connectivity index (χ2v) is 11.3. The molecule has 2 fully saturated rings. The van der Waals surface area contributed by atoms with Gasteiger partial charge in [-0.25, -0.2) is 13.8 Å². The molecule has 218 valence electrons. The quantitative estimate of drug-likeness (QED) is 0.385. The van der Waals surface area contributed by atoms with Crippen LogP contribution in [0.3, 0.4) is 0 Å². The summed E-state index contributed by atoms with van der Waals surface area (Å²) in [6.07, 6.45) is 0.975. The summed E-state index contributed by atoms with van der Waals surface area (Å²) >= 11 is 5.80. The monoisotopic (exact) mass is 588 g/mol. The van der Waals surface area contributed by atoms with Gasteiger partial charge in [0, 0.05) is 43.8 Å². The maximum Gasteiger partial charge on any atom is 0.280 e. The third-order valence-electron chi connectivity index (χ3n) is 8.01. The number of phenols is 1. The Kier molecular flexibility index (Phi) is 7.93. The van der Waals surface area contributed by atoms with Crippen LogP contribution in [0.15, 0.2) is 59.7 Å². The smallest absolute Gasteiger partial charge is 0.280 e. The van der Waals surface area contributed by atoms with Gasteiger partial charge in [-0.05, 0) is 37.0 Å². The number of aliphatic hydroxyl groups is 1. The van der Waals surface area contributed by atoms with Crippen LogP contribution in [-0.4, -0.2) is 55.2 Å². The molecule has 0 unspecified atom stereocenters. The molecule has 2 aliphatic rings. The molecular weight excluding hydrogens is 558 g/mol. The molecule has 1 aliphatic carbocycles. The lowest BCUT2D eigenvalue weighted by atomic mass is 9.73. The molecule has 2 heterocycles. The number of rotatable bonds is 6. The number of phenolic OH excluding ortho intramolecular Hbond substituents is 1. The van der Waals surface area contributed by atoms with E-state index in [-0.39, 0.29) is 85.7 Å². The van der Waals surface area contributed by atoms with Crippen molar-refractivity contribution in [2.75, 3.05) is 18.8 Å². The minimum absolute atomic E-state index is 0.0938. The highest BCUT2D eigenvalue weighted by Crippen LogP contribution is 2.46. The van der Waals surface area contributed by atoms with Crippen LogP contribution >= 0.6 is 11.6 Å². The van der Waals surface area contributed by atoms with Crippen LogP contribution in [0.1, 0.15) is 43.6 Å². The molecule has 41 heavy (non-hydrogen) atoms. The van der Waals surface area contributed by atoms with Gasteiger partial charge < -0.3 is 25.6 Å². The fourth-order valence-electron chi connectivity index (χ4n) is 5.68. The molecule has 3 aromatic rings. The number of likely N-dealkylation sites (tertiary alicyclic amines) is 1. The average molecular weight is 589 g/mol. The van der Waals surface area contributed by atoms with Crippen molar-refractivity contribution < 1.29 is 28.5 Å². The van der Waals surface area contributed by atoms with Gasteiger partial charge in [-0.1, -0.05) is 41.9 Å². The Morgan fingerprint density at radius 2 is 1.85 bits per heavy atom. The van der Waals surface area contributed by atoms with Gasteiger partial charge in [-0.3, -0.25) is 14.2 Å². The van der Waals surface area contributed by atoms with Gasteiger partial charge in [0.05, 0.1) is 17.2 Å². The van der Waals surface area contributed by atoms with E-state index in [1.165, 1.54) is 29.1 Å². The summed E-state index contributed by atoms with van der Waals surface area (Å²) < 4.78 is 35.4. The van der Waals surface area contributed by atoms with Crippen molar-refractivity contribution in [3.05, 3.63) is 75.8 Å². The van der Waals surface area contributed by atoms with Crippen LogP contribution in [0.2, 0.25) is 5.02 Å². The van der Waals surface area contributed by atoms with E-state index in [4.69, 9.17) is 22.1 Å². The summed E-state index contributed by atoms with van der Waals surface area (Å²) in [6, 6.07) is 13.1. The molecular formula is C29H31ClF2N4O5. The first-order valence-corrected chi connectivity index (χ1v) is 13.8. The summed E-state index contributed by atoms with van der Waals surface area (Å²) in [5, 5.41) is 21.2. The van der Waals surface area contributed by atoms with Crippen molar-refractivity contribution in [1.82, 2.24) is 14.5 Å². The molecule has 5 rings (SSSR count). The molecule has 1 amide bonds. The Balaban J connectivity index is 1.24. The first kappa shape index (κ1) is 28.8. The summed E-state index contributed by atoms with van der Waals surface area (Å²) in [4.78, 5) is 32.2. The number of piperidine rings is 1. The number of ether oxygens (including phenoxy) is 1. The van der Waals surface area contributed by atoms with E-state index >= 15 is 0 Å². The number of nitrogens with two attached hydrogens (primary N) is 1. The molecule has 4 N–H and O–H groups in total. The van der Waals surface area contributed by atoms with Crippen molar-refractivity contribution in [3.63, 3.8) is 0 Å². The summed E-state index contributed by atoms with van der Waals surface area (Å²) in [5.41, 5.74) is 4.50. The largest absolute Gasteiger partial charge is 0.506 e. The molecule has 2 atom stereocenters. The lowest BCUT2D eigenvalue weighted by Gasteiger charge is -2.42. The fraction of sp³-hybridized carbons (Fsp3) is 0.414. The number of hydrogen-bond donors (Lipinski definition) is 3.